The number of halogens is 2. The zero-order valence-electron chi connectivity index (χ0n) is 17.7. The highest BCUT2D eigenvalue weighted by molar-refractivity contribution is 9.10. The zero-order chi connectivity index (χ0) is 23.4. The van der Waals surface area contributed by atoms with E-state index in [4.69, 9.17) is 9.47 Å². The highest BCUT2D eigenvalue weighted by Gasteiger charge is 2.33. The Kier molecular flexibility index (Phi) is 7.15. The van der Waals surface area contributed by atoms with Crippen LogP contribution in [0.15, 0.2) is 81.4 Å². The van der Waals surface area contributed by atoms with Crippen molar-refractivity contribution in [3.05, 3.63) is 98.1 Å². The molecule has 0 spiro atoms. The van der Waals surface area contributed by atoms with Crippen molar-refractivity contribution in [3.63, 3.8) is 0 Å². The molecule has 0 aliphatic carbocycles. The van der Waals surface area contributed by atoms with E-state index in [2.05, 4.69) is 37.2 Å². The first kappa shape index (κ1) is 23.1. The molecule has 3 aromatic carbocycles. The Morgan fingerprint density at radius 2 is 1.67 bits per heavy atom. The summed E-state index contributed by atoms with van der Waals surface area (Å²) in [6.07, 6.45) is 1.62. The molecule has 6 nitrogen and oxygen atoms in total. The molecule has 0 atom stereocenters. The molecular weight excluding hydrogens is 552 g/mol. The normalized spacial score (nSPS) is 14.5. The quantitative estimate of drug-likeness (QED) is 0.283. The SMILES string of the molecule is COc1cc(/C=C2/NC(=O)N(Cc3ccccc3)C2=O)c(Br)cc1OCc1ccc(Br)cc1. The molecule has 0 unspecified atom stereocenters. The summed E-state index contributed by atoms with van der Waals surface area (Å²) in [6.45, 7) is 0.579. The van der Waals surface area contributed by atoms with Crippen molar-refractivity contribution >= 4 is 49.9 Å². The largest absolute Gasteiger partial charge is 0.493 e. The Balaban J connectivity index is 1.53. The van der Waals surface area contributed by atoms with E-state index in [1.807, 2.05) is 54.6 Å². The first-order valence-electron chi connectivity index (χ1n) is 10.1. The predicted molar refractivity (Wildman–Crippen MR) is 133 cm³/mol. The number of hydrogen-bond acceptors (Lipinski definition) is 4. The molecule has 168 valence electrons. The van der Waals surface area contributed by atoms with Crippen LogP contribution in [-0.4, -0.2) is 23.9 Å². The number of urea groups is 1. The highest BCUT2D eigenvalue weighted by atomic mass is 79.9. The van der Waals surface area contributed by atoms with Gasteiger partial charge in [-0.3, -0.25) is 9.69 Å². The molecular formula is C25H20Br2N2O4. The number of methoxy groups -OCH3 is 1. The van der Waals surface area contributed by atoms with Gasteiger partial charge in [0, 0.05) is 8.95 Å². The fourth-order valence-electron chi connectivity index (χ4n) is 3.31. The first-order chi connectivity index (χ1) is 15.9. The fraction of sp³-hybridized carbons (Fsp3) is 0.120. The van der Waals surface area contributed by atoms with E-state index in [0.29, 0.717) is 28.1 Å². The maximum atomic E-state index is 12.8. The average Bonchev–Trinajstić information content (AvgIpc) is 3.08. The van der Waals surface area contributed by atoms with Gasteiger partial charge < -0.3 is 14.8 Å². The summed E-state index contributed by atoms with van der Waals surface area (Å²) < 4.78 is 13.1. The first-order valence-corrected chi connectivity index (χ1v) is 11.7. The minimum absolute atomic E-state index is 0.196. The van der Waals surface area contributed by atoms with Crippen molar-refractivity contribution in [2.45, 2.75) is 13.2 Å². The smallest absolute Gasteiger partial charge is 0.329 e. The van der Waals surface area contributed by atoms with Crippen LogP contribution in [0.5, 0.6) is 11.5 Å². The van der Waals surface area contributed by atoms with Crippen LogP contribution in [0.3, 0.4) is 0 Å². The summed E-state index contributed by atoms with van der Waals surface area (Å²) in [7, 11) is 1.55. The van der Waals surface area contributed by atoms with Gasteiger partial charge in [-0.05, 0) is 47.0 Å². The van der Waals surface area contributed by atoms with Crippen LogP contribution in [0.2, 0.25) is 0 Å². The Hall–Kier alpha value is -3.10. The molecule has 8 heteroatoms. The number of hydrogen-bond donors (Lipinski definition) is 1. The molecule has 1 N–H and O–H groups in total. The molecule has 3 amide bonds. The van der Waals surface area contributed by atoms with Gasteiger partial charge in [-0.15, -0.1) is 0 Å². The number of rotatable bonds is 7. The molecule has 1 aliphatic rings. The van der Waals surface area contributed by atoms with Crippen LogP contribution in [0.4, 0.5) is 4.79 Å². The third-order valence-electron chi connectivity index (χ3n) is 5.04. The maximum absolute atomic E-state index is 12.8. The van der Waals surface area contributed by atoms with E-state index in [9.17, 15) is 9.59 Å². The summed E-state index contributed by atoms with van der Waals surface area (Å²) in [5.74, 6) is 0.687. The number of nitrogens with one attached hydrogen (secondary N) is 1. The van der Waals surface area contributed by atoms with Crippen LogP contribution >= 0.6 is 31.9 Å². The summed E-state index contributed by atoms with van der Waals surface area (Å²) >= 11 is 6.95. The zero-order valence-corrected chi connectivity index (χ0v) is 20.9. The van der Waals surface area contributed by atoms with E-state index < -0.39 is 6.03 Å². The van der Waals surface area contributed by atoms with Crippen molar-refractivity contribution < 1.29 is 19.1 Å². The lowest BCUT2D eigenvalue weighted by atomic mass is 10.1. The van der Waals surface area contributed by atoms with Crippen molar-refractivity contribution in [2.24, 2.45) is 0 Å². The standard InChI is InChI=1S/C25H20Br2N2O4/c1-32-22-12-18(20(27)13-23(22)33-15-17-7-9-19(26)10-8-17)11-21-24(30)29(25(31)28-21)14-16-5-3-2-4-6-16/h2-13H,14-15H2,1H3,(H,28,31)/b21-11+. The van der Waals surface area contributed by atoms with Crippen LogP contribution < -0.4 is 14.8 Å². The van der Waals surface area contributed by atoms with Crippen molar-refractivity contribution in [1.82, 2.24) is 10.2 Å². The van der Waals surface area contributed by atoms with Crippen LogP contribution in [0, 0.1) is 0 Å². The summed E-state index contributed by atoms with van der Waals surface area (Å²) in [6, 6.07) is 20.3. The van der Waals surface area contributed by atoms with Gasteiger partial charge in [0.2, 0.25) is 0 Å². The van der Waals surface area contributed by atoms with Crippen LogP contribution in [-0.2, 0) is 17.9 Å². The molecule has 1 aliphatic heterocycles. The molecule has 33 heavy (non-hydrogen) atoms. The number of carbonyl (C=O) groups is 2. The number of carbonyl (C=O) groups excluding carboxylic acids is 2. The molecule has 0 bridgehead atoms. The Morgan fingerprint density at radius 1 is 0.939 bits per heavy atom. The molecule has 1 heterocycles. The number of ether oxygens (including phenoxy) is 2. The van der Waals surface area contributed by atoms with Gasteiger partial charge in [0.25, 0.3) is 5.91 Å². The minimum Gasteiger partial charge on any atom is -0.493 e. The lowest BCUT2D eigenvalue weighted by molar-refractivity contribution is -0.123. The predicted octanol–water partition coefficient (Wildman–Crippen LogP) is 5.89. The Labute approximate surface area is 208 Å². The van der Waals surface area contributed by atoms with Gasteiger partial charge in [0.15, 0.2) is 11.5 Å². The van der Waals surface area contributed by atoms with Gasteiger partial charge in [0.1, 0.15) is 12.3 Å². The van der Waals surface area contributed by atoms with E-state index in [-0.39, 0.29) is 18.1 Å². The number of benzene rings is 3. The molecule has 0 aromatic heterocycles. The van der Waals surface area contributed by atoms with Crippen molar-refractivity contribution in [3.8, 4) is 11.5 Å². The van der Waals surface area contributed by atoms with Crippen LogP contribution in [0.25, 0.3) is 6.08 Å². The third-order valence-corrected chi connectivity index (χ3v) is 6.25. The fourth-order valence-corrected chi connectivity index (χ4v) is 4.01. The summed E-state index contributed by atoms with van der Waals surface area (Å²) in [5.41, 5.74) is 2.76. The lowest BCUT2D eigenvalue weighted by Crippen LogP contribution is -2.30. The number of nitrogens with zero attached hydrogens (tertiary/aromatic N) is 1. The average molecular weight is 572 g/mol. The van der Waals surface area contributed by atoms with Gasteiger partial charge in [0.05, 0.1) is 13.7 Å². The summed E-state index contributed by atoms with van der Waals surface area (Å²) in [4.78, 5) is 26.4. The molecule has 1 saturated heterocycles. The van der Waals surface area contributed by atoms with E-state index in [0.717, 1.165) is 15.6 Å². The lowest BCUT2D eigenvalue weighted by Gasteiger charge is -2.13. The molecule has 0 saturated carbocycles. The Morgan fingerprint density at radius 3 is 2.36 bits per heavy atom. The van der Waals surface area contributed by atoms with E-state index in [1.54, 1.807) is 25.3 Å². The minimum atomic E-state index is -0.451. The maximum Gasteiger partial charge on any atom is 0.329 e. The molecule has 1 fully saturated rings. The summed E-state index contributed by atoms with van der Waals surface area (Å²) in [5, 5.41) is 2.65. The second-order valence-electron chi connectivity index (χ2n) is 7.30. The Bertz CT molecular complexity index is 1210. The third kappa shape index (κ3) is 5.46. The van der Waals surface area contributed by atoms with Gasteiger partial charge in [-0.25, -0.2) is 4.79 Å². The van der Waals surface area contributed by atoms with Crippen LogP contribution in [0.1, 0.15) is 16.7 Å². The molecule has 4 rings (SSSR count). The van der Waals surface area contributed by atoms with E-state index in [1.165, 1.54) is 4.90 Å². The van der Waals surface area contributed by atoms with Crippen molar-refractivity contribution in [2.75, 3.05) is 7.11 Å². The topological polar surface area (TPSA) is 67.9 Å². The second-order valence-corrected chi connectivity index (χ2v) is 9.07. The van der Waals surface area contributed by atoms with Gasteiger partial charge in [-0.2, -0.15) is 0 Å². The number of imide groups is 1. The van der Waals surface area contributed by atoms with E-state index >= 15 is 0 Å². The molecule has 3 aromatic rings. The number of amides is 3. The second kappa shape index (κ2) is 10.2. The van der Waals surface area contributed by atoms with Gasteiger partial charge in [-0.1, -0.05) is 74.3 Å². The molecule has 0 radical (unpaired) electrons. The van der Waals surface area contributed by atoms with Crippen molar-refractivity contribution in [1.29, 1.82) is 0 Å². The highest BCUT2D eigenvalue weighted by Crippen LogP contribution is 2.35. The monoisotopic (exact) mass is 570 g/mol. The van der Waals surface area contributed by atoms with Gasteiger partial charge >= 0.3 is 6.03 Å².